The Bertz CT molecular complexity index is 310. The van der Waals surface area contributed by atoms with E-state index in [0.29, 0.717) is 5.02 Å². The molecule has 0 unspecified atom stereocenters. The molecule has 0 spiro atoms. The predicted octanol–water partition coefficient (Wildman–Crippen LogP) is 4.20. The molecular weight excluding hydrogens is 251 g/mol. The van der Waals surface area contributed by atoms with E-state index in [1.807, 2.05) is 32.9 Å². The Hall–Kier alpha value is -0.210. The molecular formula is C10H12BrClO. The molecule has 3 heteroatoms. The summed E-state index contributed by atoms with van der Waals surface area (Å²) in [5.41, 5.74) is 1.09. The van der Waals surface area contributed by atoms with E-state index in [1.54, 1.807) is 0 Å². The molecule has 1 aromatic carbocycles. The van der Waals surface area contributed by atoms with E-state index in [0.717, 1.165) is 15.8 Å². The van der Waals surface area contributed by atoms with Crippen LogP contribution in [0.1, 0.15) is 19.4 Å². The summed E-state index contributed by atoms with van der Waals surface area (Å²) in [5, 5.41) is 0.682. The molecule has 0 bridgehead atoms. The van der Waals surface area contributed by atoms with Crippen LogP contribution in [0, 0.1) is 6.92 Å². The zero-order valence-electron chi connectivity index (χ0n) is 7.90. The monoisotopic (exact) mass is 262 g/mol. The molecule has 0 amide bonds. The van der Waals surface area contributed by atoms with Crippen LogP contribution in [0.4, 0.5) is 0 Å². The minimum atomic E-state index is 0.177. The first kappa shape index (κ1) is 10.9. The third-order valence-corrected chi connectivity index (χ3v) is 2.78. The van der Waals surface area contributed by atoms with Gasteiger partial charge >= 0.3 is 0 Å². The first-order valence-corrected chi connectivity index (χ1v) is 5.30. The summed E-state index contributed by atoms with van der Waals surface area (Å²) in [6.07, 6.45) is 0.177. The van der Waals surface area contributed by atoms with Crippen molar-refractivity contribution in [1.29, 1.82) is 0 Å². The lowest BCUT2D eigenvalue weighted by Crippen LogP contribution is -2.06. The fraction of sp³-hybridized carbons (Fsp3) is 0.400. The number of rotatable bonds is 2. The molecule has 0 radical (unpaired) electrons. The molecule has 0 fully saturated rings. The number of hydrogen-bond donors (Lipinski definition) is 0. The van der Waals surface area contributed by atoms with Gasteiger partial charge in [-0.15, -0.1) is 0 Å². The van der Waals surface area contributed by atoms with E-state index in [1.165, 1.54) is 0 Å². The molecule has 0 heterocycles. The second kappa shape index (κ2) is 4.34. The molecule has 13 heavy (non-hydrogen) atoms. The van der Waals surface area contributed by atoms with Crippen molar-refractivity contribution in [1.82, 2.24) is 0 Å². The molecule has 1 aromatic rings. The van der Waals surface area contributed by atoms with Crippen LogP contribution < -0.4 is 4.74 Å². The lowest BCUT2D eigenvalue weighted by Gasteiger charge is -2.13. The maximum Gasteiger partial charge on any atom is 0.124 e. The Morgan fingerprint density at radius 3 is 2.54 bits per heavy atom. The summed E-state index contributed by atoms with van der Waals surface area (Å²) in [4.78, 5) is 0. The van der Waals surface area contributed by atoms with Gasteiger partial charge in [-0.3, -0.25) is 0 Å². The van der Waals surface area contributed by atoms with Crippen LogP contribution in [0.5, 0.6) is 5.75 Å². The summed E-state index contributed by atoms with van der Waals surface area (Å²) in [7, 11) is 0. The smallest absolute Gasteiger partial charge is 0.124 e. The average Bonchev–Trinajstić information content (AvgIpc) is 1.99. The van der Waals surface area contributed by atoms with E-state index in [4.69, 9.17) is 16.3 Å². The number of benzene rings is 1. The van der Waals surface area contributed by atoms with Crippen LogP contribution in [-0.2, 0) is 0 Å². The SMILES string of the molecule is Cc1cc(Br)c(Cl)cc1OC(C)C. The molecule has 0 N–H and O–H groups in total. The highest BCUT2D eigenvalue weighted by molar-refractivity contribution is 9.10. The Kier molecular flexibility index (Phi) is 3.63. The van der Waals surface area contributed by atoms with Gasteiger partial charge in [0, 0.05) is 10.5 Å². The normalized spacial score (nSPS) is 10.6. The fourth-order valence-electron chi connectivity index (χ4n) is 1.01. The van der Waals surface area contributed by atoms with Gasteiger partial charge in [-0.2, -0.15) is 0 Å². The molecule has 1 rings (SSSR count). The summed E-state index contributed by atoms with van der Waals surface area (Å²) in [6, 6.07) is 3.79. The van der Waals surface area contributed by atoms with E-state index >= 15 is 0 Å². The number of aryl methyl sites for hydroxylation is 1. The van der Waals surface area contributed by atoms with Crippen LogP contribution in [0.2, 0.25) is 5.02 Å². The summed E-state index contributed by atoms with van der Waals surface area (Å²) < 4.78 is 6.48. The largest absolute Gasteiger partial charge is 0.491 e. The molecule has 1 nitrogen and oxygen atoms in total. The Morgan fingerprint density at radius 2 is 2.00 bits per heavy atom. The summed E-state index contributed by atoms with van der Waals surface area (Å²) >= 11 is 9.30. The number of halogens is 2. The predicted molar refractivity (Wildman–Crippen MR) is 59.7 cm³/mol. The van der Waals surface area contributed by atoms with Crippen molar-refractivity contribution in [2.45, 2.75) is 26.9 Å². The van der Waals surface area contributed by atoms with E-state index in [-0.39, 0.29) is 6.10 Å². The minimum absolute atomic E-state index is 0.177. The summed E-state index contributed by atoms with van der Waals surface area (Å²) in [5.74, 6) is 0.850. The maximum absolute atomic E-state index is 5.94. The lowest BCUT2D eigenvalue weighted by molar-refractivity contribution is 0.241. The Balaban J connectivity index is 3.01. The van der Waals surface area contributed by atoms with Gasteiger partial charge < -0.3 is 4.74 Å². The van der Waals surface area contributed by atoms with E-state index in [9.17, 15) is 0 Å². The molecule has 0 aliphatic carbocycles. The molecule has 0 aromatic heterocycles. The van der Waals surface area contributed by atoms with Crippen molar-refractivity contribution in [2.24, 2.45) is 0 Å². The van der Waals surface area contributed by atoms with Gasteiger partial charge in [-0.25, -0.2) is 0 Å². The fourth-order valence-corrected chi connectivity index (χ4v) is 1.62. The van der Waals surface area contributed by atoms with Gasteiger partial charge in [-0.05, 0) is 48.3 Å². The van der Waals surface area contributed by atoms with Crippen LogP contribution in [0.15, 0.2) is 16.6 Å². The van der Waals surface area contributed by atoms with Gasteiger partial charge in [0.05, 0.1) is 11.1 Å². The standard InChI is InChI=1S/C10H12BrClO/c1-6(2)13-10-5-9(12)8(11)4-7(10)3/h4-6H,1-3H3. The highest BCUT2D eigenvalue weighted by Crippen LogP contribution is 2.30. The minimum Gasteiger partial charge on any atom is -0.491 e. The van der Waals surface area contributed by atoms with Crippen LogP contribution in [0.3, 0.4) is 0 Å². The highest BCUT2D eigenvalue weighted by atomic mass is 79.9. The quantitative estimate of drug-likeness (QED) is 0.777. The van der Waals surface area contributed by atoms with Crippen molar-refractivity contribution in [3.8, 4) is 5.75 Å². The highest BCUT2D eigenvalue weighted by Gasteiger charge is 2.06. The van der Waals surface area contributed by atoms with E-state index in [2.05, 4.69) is 15.9 Å². The number of ether oxygens (including phenoxy) is 1. The van der Waals surface area contributed by atoms with Crippen molar-refractivity contribution in [3.05, 3.63) is 27.2 Å². The summed E-state index contributed by atoms with van der Waals surface area (Å²) in [6.45, 7) is 5.99. The topological polar surface area (TPSA) is 9.23 Å². The molecule has 0 saturated heterocycles. The van der Waals surface area contributed by atoms with Crippen LogP contribution in [-0.4, -0.2) is 6.10 Å². The zero-order chi connectivity index (χ0) is 10.0. The van der Waals surface area contributed by atoms with Gasteiger partial charge in [0.15, 0.2) is 0 Å². The second-order valence-electron chi connectivity index (χ2n) is 3.20. The molecule has 0 saturated carbocycles. The van der Waals surface area contributed by atoms with Gasteiger partial charge in [-0.1, -0.05) is 11.6 Å². The third kappa shape index (κ3) is 2.89. The van der Waals surface area contributed by atoms with Crippen LogP contribution >= 0.6 is 27.5 Å². The Morgan fingerprint density at radius 1 is 1.38 bits per heavy atom. The first-order valence-electron chi connectivity index (χ1n) is 4.13. The van der Waals surface area contributed by atoms with Crippen molar-refractivity contribution >= 4 is 27.5 Å². The number of hydrogen-bond acceptors (Lipinski definition) is 1. The molecule has 0 atom stereocenters. The van der Waals surface area contributed by atoms with Crippen molar-refractivity contribution in [2.75, 3.05) is 0 Å². The Labute approximate surface area is 92.2 Å². The van der Waals surface area contributed by atoms with E-state index < -0.39 is 0 Å². The molecule has 0 aliphatic heterocycles. The first-order chi connectivity index (χ1) is 6.00. The molecule has 0 aliphatic rings. The van der Waals surface area contributed by atoms with Crippen molar-refractivity contribution in [3.63, 3.8) is 0 Å². The maximum atomic E-state index is 5.94. The average molecular weight is 264 g/mol. The zero-order valence-corrected chi connectivity index (χ0v) is 10.2. The second-order valence-corrected chi connectivity index (χ2v) is 4.46. The van der Waals surface area contributed by atoms with Gasteiger partial charge in [0.2, 0.25) is 0 Å². The van der Waals surface area contributed by atoms with Crippen LogP contribution in [0.25, 0.3) is 0 Å². The third-order valence-electron chi connectivity index (χ3n) is 1.58. The molecule has 72 valence electrons. The van der Waals surface area contributed by atoms with Gasteiger partial charge in [0.1, 0.15) is 5.75 Å². The van der Waals surface area contributed by atoms with Crippen molar-refractivity contribution < 1.29 is 4.74 Å². The lowest BCUT2D eigenvalue weighted by atomic mass is 10.2. The van der Waals surface area contributed by atoms with Gasteiger partial charge in [0.25, 0.3) is 0 Å².